The Labute approximate surface area is 192 Å². The molecule has 32 heavy (non-hydrogen) atoms. The van der Waals surface area contributed by atoms with E-state index in [1.54, 1.807) is 18.9 Å². The molecule has 1 aromatic carbocycles. The van der Waals surface area contributed by atoms with Crippen LogP contribution in [0.25, 0.3) is 0 Å². The second kappa shape index (κ2) is 10.9. The van der Waals surface area contributed by atoms with Crippen LogP contribution in [0, 0.1) is 0 Å². The number of halogens is 4. The predicted molar refractivity (Wildman–Crippen MR) is 116 cm³/mol. The Bertz CT molecular complexity index is 909. The molecule has 0 saturated heterocycles. The van der Waals surface area contributed by atoms with Gasteiger partial charge < -0.3 is 19.3 Å². The van der Waals surface area contributed by atoms with Crippen LogP contribution >= 0.6 is 12.4 Å². The number of hydrogen-bond donors (Lipinski definition) is 0. The second-order valence-electron chi connectivity index (χ2n) is 7.51. The van der Waals surface area contributed by atoms with Gasteiger partial charge in [-0.05, 0) is 38.7 Å². The zero-order valence-electron chi connectivity index (χ0n) is 18.9. The summed E-state index contributed by atoms with van der Waals surface area (Å²) in [5.41, 5.74) is 1.12. The van der Waals surface area contributed by atoms with Gasteiger partial charge in [-0.2, -0.15) is 13.2 Å². The molecule has 0 fully saturated rings. The highest BCUT2D eigenvalue weighted by Gasteiger charge is 2.41. The Hall–Kier alpha value is -2.52. The molecule has 6 nitrogen and oxygen atoms in total. The lowest BCUT2D eigenvalue weighted by atomic mass is 9.79. The lowest BCUT2D eigenvalue weighted by Gasteiger charge is -2.37. The summed E-state index contributed by atoms with van der Waals surface area (Å²) in [5, 5.41) is 0. The maximum Gasteiger partial charge on any atom is 0.416 e. The minimum atomic E-state index is -4.50. The van der Waals surface area contributed by atoms with Gasteiger partial charge in [0.2, 0.25) is 0 Å². The van der Waals surface area contributed by atoms with E-state index < -0.39 is 29.6 Å². The largest absolute Gasteiger partial charge is 0.466 e. The standard InChI is InChI=1S/C22H27F3N2O4.ClH/c1-13-17(20(28)30-5)18(14-7-9-15(10-8-14)22(23,24)25)19(21(29)31-6)16(27(13)4)11-12-26(2)3;/h7-10,18H,11-12H2,1-6H3;1H. The lowest BCUT2D eigenvalue weighted by molar-refractivity contribution is -0.138. The number of ether oxygens (including phenoxy) is 2. The molecule has 2 rings (SSSR count). The summed E-state index contributed by atoms with van der Waals surface area (Å²) in [5.74, 6) is -2.24. The number of esters is 2. The Morgan fingerprint density at radius 3 is 1.97 bits per heavy atom. The van der Waals surface area contributed by atoms with Gasteiger partial charge in [0.15, 0.2) is 0 Å². The van der Waals surface area contributed by atoms with Crippen molar-refractivity contribution >= 4 is 24.3 Å². The van der Waals surface area contributed by atoms with Gasteiger partial charge in [-0.1, -0.05) is 12.1 Å². The van der Waals surface area contributed by atoms with Crippen LogP contribution in [0.1, 0.15) is 30.4 Å². The summed E-state index contributed by atoms with van der Waals surface area (Å²) >= 11 is 0. The van der Waals surface area contributed by atoms with E-state index in [0.717, 1.165) is 12.1 Å². The molecule has 0 aromatic heterocycles. The molecule has 0 N–H and O–H groups in total. The topological polar surface area (TPSA) is 59.1 Å². The molecule has 0 bridgehead atoms. The first-order valence-corrected chi connectivity index (χ1v) is 9.60. The first kappa shape index (κ1) is 27.5. The van der Waals surface area contributed by atoms with Crippen LogP contribution < -0.4 is 0 Å². The van der Waals surface area contributed by atoms with Crippen molar-refractivity contribution in [2.75, 3.05) is 41.9 Å². The first-order chi connectivity index (χ1) is 14.4. The number of rotatable bonds is 6. The second-order valence-corrected chi connectivity index (χ2v) is 7.51. The number of nitrogens with zero attached hydrogens (tertiary/aromatic N) is 2. The highest BCUT2D eigenvalue weighted by molar-refractivity contribution is 5.99. The van der Waals surface area contributed by atoms with Crippen LogP contribution in [0.5, 0.6) is 0 Å². The maximum absolute atomic E-state index is 13.1. The summed E-state index contributed by atoms with van der Waals surface area (Å²) in [4.78, 5) is 29.2. The molecule has 1 aliphatic heterocycles. The van der Waals surface area contributed by atoms with E-state index in [1.165, 1.54) is 26.4 Å². The summed E-state index contributed by atoms with van der Waals surface area (Å²) in [7, 11) is 7.95. The van der Waals surface area contributed by atoms with Gasteiger partial charge in [0.25, 0.3) is 0 Å². The molecular formula is C22H28ClF3N2O4. The average molecular weight is 477 g/mol. The van der Waals surface area contributed by atoms with Crippen molar-refractivity contribution in [3.8, 4) is 0 Å². The molecule has 0 aliphatic carbocycles. The van der Waals surface area contributed by atoms with Crippen LogP contribution in [0.15, 0.2) is 46.8 Å². The van der Waals surface area contributed by atoms with Crippen LogP contribution in [-0.2, 0) is 25.2 Å². The third-order valence-electron chi connectivity index (χ3n) is 5.36. The minimum Gasteiger partial charge on any atom is -0.466 e. The third kappa shape index (κ3) is 5.63. The van der Waals surface area contributed by atoms with Crippen molar-refractivity contribution < 1.29 is 32.2 Å². The fourth-order valence-electron chi connectivity index (χ4n) is 3.63. The normalized spacial score (nSPS) is 16.8. The van der Waals surface area contributed by atoms with Crippen LogP contribution in [-0.4, -0.2) is 63.6 Å². The minimum absolute atomic E-state index is 0. The van der Waals surface area contributed by atoms with E-state index >= 15 is 0 Å². The van der Waals surface area contributed by atoms with E-state index in [9.17, 15) is 22.8 Å². The summed E-state index contributed by atoms with van der Waals surface area (Å²) < 4.78 is 49.1. The average Bonchev–Trinajstić information content (AvgIpc) is 2.72. The first-order valence-electron chi connectivity index (χ1n) is 9.60. The fraction of sp³-hybridized carbons (Fsp3) is 0.455. The number of carbonyl (C=O) groups is 2. The number of allylic oxidation sites excluding steroid dienone is 1. The summed E-state index contributed by atoms with van der Waals surface area (Å²) in [6, 6.07) is 4.43. The van der Waals surface area contributed by atoms with Gasteiger partial charge in [0, 0.05) is 31.4 Å². The number of alkyl halides is 3. The number of benzene rings is 1. The van der Waals surface area contributed by atoms with Gasteiger partial charge in [-0.15, -0.1) is 12.4 Å². The van der Waals surface area contributed by atoms with E-state index in [4.69, 9.17) is 9.47 Å². The highest BCUT2D eigenvalue weighted by atomic mass is 35.5. The number of methoxy groups -OCH3 is 2. The van der Waals surface area contributed by atoms with E-state index in [-0.39, 0.29) is 23.6 Å². The Kier molecular flexibility index (Phi) is 9.35. The molecular weight excluding hydrogens is 449 g/mol. The van der Waals surface area contributed by atoms with Crippen molar-refractivity contribution in [1.29, 1.82) is 0 Å². The Morgan fingerprint density at radius 1 is 1.03 bits per heavy atom. The van der Waals surface area contributed by atoms with Gasteiger partial charge in [-0.25, -0.2) is 9.59 Å². The molecule has 0 spiro atoms. The van der Waals surface area contributed by atoms with Gasteiger partial charge in [0.05, 0.1) is 36.8 Å². The SMILES string of the molecule is COC(=O)C1=C(C)N(C)C(CCN(C)C)=C(C(=O)OC)C1c1ccc(C(F)(F)F)cc1.Cl. The van der Waals surface area contributed by atoms with Gasteiger partial charge >= 0.3 is 18.1 Å². The number of carbonyl (C=O) groups excluding carboxylic acids is 2. The predicted octanol–water partition coefficient (Wildman–Crippen LogP) is 3.98. The molecule has 1 atom stereocenters. The molecule has 10 heteroatoms. The molecule has 0 amide bonds. The van der Waals surface area contributed by atoms with Crippen molar-refractivity contribution in [2.45, 2.75) is 25.4 Å². The quantitative estimate of drug-likeness (QED) is 0.579. The number of hydrogen-bond acceptors (Lipinski definition) is 6. The molecule has 0 radical (unpaired) electrons. The smallest absolute Gasteiger partial charge is 0.416 e. The van der Waals surface area contributed by atoms with Crippen molar-refractivity contribution in [1.82, 2.24) is 9.80 Å². The van der Waals surface area contributed by atoms with Gasteiger partial charge in [0.1, 0.15) is 0 Å². The zero-order valence-corrected chi connectivity index (χ0v) is 19.7. The van der Waals surface area contributed by atoms with Crippen molar-refractivity contribution in [3.05, 3.63) is 57.9 Å². The molecule has 1 aliphatic rings. The molecule has 1 heterocycles. The van der Waals surface area contributed by atoms with Crippen LogP contribution in [0.2, 0.25) is 0 Å². The third-order valence-corrected chi connectivity index (χ3v) is 5.36. The Morgan fingerprint density at radius 2 is 1.53 bits per heavy atom. The zero-order chi connectivity index (χ0) is 23.5. The lowest BCUT2D eigenvalue weighted by Crippen LogP contribution is -2.35. The fourth-order valence-corrected chi connectivity index (χ4v) is 3.63. The molecule has 1 unspecified atom stereocenters. The van der Waals surface area contributed by atoms with Crippen molar-refractivity contribution in [3.63, 3.8) is 0 Å². The highest BCUT2D eigenvalue weighted by Crippen LogP contribution is 2.43. The van der Waals surface area contributed by atoms with Crippen LogP contribution in [0.3, 0.4) is 0 Å². The van der Waals surface area contributed by atoms with Crippen molar-refractivity contribution in [2.24, 2.45) is 0 Å². The summed E-state index contributed by atoms with van der Waals surface area (Å²) in [6.45, 7) is 2.33. The van der Waals surface area contributed by atoms with Gasteiger partial charge in [-0.3, -0.25) is 0 Å². The van der Waals surface area contributed by atoms with Crippen LogP contribution in [0.4, 0.5) is 13.2 Å². The molecule has 178 valence electrons. The van der Waals surface area contributed by atoms with E-state index in [0.29, 0.717) is 29.9 Å². The monoisotopic (exact) mass is 476 g/mol. The summed E-state index contributed by atoms with van der Waals surface area (Å²) in [6.07, 6.45) is -4.03. The molecule has 0 saturated carbocycles. The van der Waals surface area contributed by atoms with E-state index in [1.807, 2.05) is 19.0 Å². The molecule has 1 aromatic rings. The maximum atomic E-state index is 13.1. The van der Waals surface area contributed by atoms with E-state index in [2.05, 4.69) is 0 Å². The Balaban J connectivity index is 0.00000512.